The van der Waals surface area contributed by atoms with Crippen molar-refractivity contribution >= 4 is 92.1 Å². The number of halogens is 4. The zero-order valence-electron chi connectivity index (χ0n) is 34.1. The van der Waals surface area contributed by atoms with E-state index in [1.807, 2.05) is 92.4 Å². The van der Waals surface area contributed by atoms with E-state index in [4.69, 9.17) is 56.4 Å². The first kappa shape index (κ1) is 44.0. The number of pyridine rings is 2. The van der Waals surface area contributed by atoms with E-state index in [9.17, 15) is 14.7 Å². The van der Waals surface area contributed by atoms with Gasteiger partial charge in [-0.15, -0.1) is 0 Å². The van der Waals surface area contributed by atoms with Crippen molar-refractivity contribution in [1.82, 2.24) is 24.7 Å². The summed E-state index contributed by atoms with van der Waals surface area (Å²) in [6.45, 7) is 12.3. The third-order valence-electron chi connectivity index (χ3n) is 10.8. The molecule has 0 radical (unpaired) electrons. The Hall–Kier alpha value is -4.04. The lowest BCUT2D eigenvalue weighted by Gasteiger charge is -2.36. The number of hydrogen-bond donors (Lipinski definition) is 1. The first-order chi connectivity index (χ1) is 28.3. The van der Waals surface area contributed by atoms with Gasteiger partial charge in [0.2, 0.25) is 0 Å². The number of aliphatic carboxylic acids is 1. The zero-order chi connectivity index (χ0) is 43.4. The summed E-state index contributed by atoms with van der Waals surface area (Å²) in [5.74, 6) is -0.821. The van der Waals surface area contributed by atoms with E-state index in [0.717, 1.165) is 44.0 Å². The van der Waals surface area contributed by atoms with Crippen LogP contribution >= 0.6 is 69.9 Å². The van der Waals surface area contributed by atoms with Crippen molar-refractivity contribution in [3.05, 3.63) is 149 Å². The van der Waals surface area contributed by atoms with Gasteiger partial charge in [-0.05, 0) is 109 Å². The Kier molecular flexibility index (Phi) is 12.5. The molecular weight excluding hydrogens is 880 g/mol. The summed E-state index contributed by atoms with van der Waals surface area (Å²) in [5, 5.41) is 13.7. The molecule has 0 bridgehead atoms. The number of aromatic nitrogens is 2. The van der Waals surface area contributed by atoms with Gasteiger partial charge in [0.15, 0.2) is 10.3 Å². The molecule has 0 saturated heterocycles. The lowest BCUT2D eigenvalue weighted by molar-refractivity contribution is -0.132. The summed E-state index contributed by atoms with van der Waals surface area (Å²) in [7, 11) is 3.55. The van der Waals surface area contributed by atoms with Crippen molar-refractivity contribution in [2.75, 3.05) is 14.1 Å². The number of carboxylic acid groups (broad SMARTS) is 1. The van der Waals surface area contributed by atoms with Crippen LogP contribution in [0, 0.1) is 11.8 Å². The number of carboxylic acids is 1. The molecule has 1 amide bonds. The molecule has 8 rings (SSSR count). The predicted octanol–water partition coefficient (Wildman–Crippen LogP) is 11.4. The number of amidine groups is 2. The number of allylic oxidation sites excluding steroid dienone is 2. The van der Waals surface area contributed by atoms with E-state index in [-0.39, 0.29) is 29.8 Å². The molecule has 4 aliphatic heterocycles. The van der Waals surface area contributed by atoms with Crippen LogP contribution in [0.4, 0.5) is 0 Å². The molecule has 2 aromatic heterocycles. The average molecular weight is 924 g/mol. The molecule has 312 valence electrons. The number of nitrogens with zero attached hydrogens (tertiary/aromatic N) is 7. The van der Waals surface area contributed by atoms with Gasteiger partial charge in [-0.2, -0.15) is 0 Å². The maximum Gasteiger partial charge on any atom is 0.344 e. The summed E-state index contributed by atoms with van der Waals surface area (Å²) in [5.41, 5.74) is 4.07. The highest BCUT2D eigenvalue weighted by Gasteiger charge is 2.55. The number of carbonyl (C=O) groups is 2. The summed E-state index contributed by atoms with van der Waals surface area (Å²) in [4.78, 5) is 51.1. The second-order valence-corrected chi connectivity index (χ2v) is 19.6. The first-order valence-electron chi connectivity index (χ1n) is 19.2. The quantitative estimate of drug-likeness (QED) is 0.184. The summed E-state index contributed by atoms with van der Waals surface area (Å²) < 4.78 is 0. The first-order valence-corrected chi connectivity index (χ1v) is 22.3. The molecule has 4 aliphatic rings. The molecule has 0 spiro atoms. The molecule has 1 N–H and O–H groups in total. The minimum Gasteiger partial charge on any atom is -0.477 e. The maximum atomic E-state index is 13.0. The summed E-state index contributed by atoms with van der Waals surface area (Å²) in [6.07, 6.45) is 3.27. The Morgan fingerprint density at radius 1 is 0.633 bits per heavy atom. The predicted molar refractivity (Wildman–Crippen MR) is 245 cm³/mol. The average Bonchev–Trinajstić information content (AvgIpc) is 3.91. The fourth-order valence-corrected chi connectivity index (χ4v) is 11.2. The second-order valence-electron chi connectivity index (χ2n) is 15.9. The Morgan fingerprint density at radius 2 is 1.00 bits per heavy atom. The van der Waals surface area contributed by atoms with Gasteiger partial charge in [0.25, 0.3) is 5.91 Å². The van der Waals surface area contributed by atoms with E-state index >= 15 is 0 Å². The third kappa shape index (κ3) is 7.95. The van der Waals surface area contributed by atoms with Crippen molar-refractivity contribution in [1.29, 1.82) is 0 Å². The van der Waals surface area contributed by atoms with Gasteiger partial charge in [0, 0.05) is 47.9 Å². The molecule has 0 aliphatic carbocycles. The van der Waals surface area contributed by atoms with Crippen LogP contribution in [0.2, 0.25) is 20.1 Å². The number of aliphatic imine (C=N–C) groups is 2. The third-order valence-corrected chi connectivity index (χ3v) is 13.9. The smallest absolute Gasteiger partial charge is 0.344 e. The van der Waals surface area contributed by atoms with Gasteiger partial charge in [0.05, 0.1) is 21.4 Å². The fourth-order valence-electron chi connectivity index (χ4n) is 8.03. The number of carbonyl (C=O) groups excluding carboxylic acids is 1. The number of hydrogen-bond acceptors (Lipinski definition) is 10. The maximum absolute atomic E-state index is 13.0. The molecule has 4 aromatic rings. The highest BCUT2D eigenvalue weighted by atomic mass is 35.5. The number of amides is 1. The minimum atomic E-state index is -0.938. The number of likely N-dealkylation sites (N-methyl/N-ethyl adjacent to an activating group) is 1. The van der Waals surface area contributed by atoms with E-state index in [2.05, 4.69) is 35.6 Å². The van der Waals surface area contributed by atoms with Gasteiger partial charge >= 0.3 is 5.97 Å². The van der Waals surface area contributed by atoms with Crippen LogP contribution in [0.25, 0.3) is 0 Å². The molecule has 2 aromatic carbocycles. The van der Waals surface area contributed by atoms with Gasteiger partial charge in [0.1, 0.15) is 33.0 Å². The molecule has 10 nitrogen and oxygen atoms in total. The Balaban J connectivity index is 0.000000182. The monoisotopic (exact) mass is 921 g/mol. The topological polar surface area (TPSA) is 115 Å². The van der Waals surface area contributed by atoms with Crippen LogP contribution in [0.1, 0.15) is 76.1 Å². The Bertz CT molecular complexity index is 2460. The molecule has 6 heterocycles. The molecule has 16 heteroatoms. The van der Waals surface area contributed by atoms with Crippen molar-refractivity contribution < 1.29 is 14.7 Å². The molecule has 0 unspecified atom stereocenters. The van der Waals surface area contributed by atoms with Crippen molar-refractivity contribution in [3.8, 4) is 0 Å². The van der Waals surface area contributed by atoms with Gasteiger partial charge in [-0.25, -0.2) is 14.8 Å². The van der Waals surface area contributed by atoms with Crippen LogP contribution < -0.4 is 0 Å². The summed E-state index contributed by atoms with van der Waals surface area (Å²) in [6, 6.07) is 22.3. The van der Waals surface area contributed by atoms with E-state index in [1.165, 1.54) is 23.5 Å². The van der Waals surface area contributed by atoms with E-state index < -0.39 is 17.0 Å². The normalized spacial score (nSPS) is 23.2. The van der Waals surface area contributed by atoms with Crippen LogP contribution in [0.15, 0.2) is 116 Å². The molecular formula is C44H43Cl4N7O3S2. The van der Waals surface area contributed by atoms with Gasteiger partial charge in [-0.1, -0.05) is 98.4 Å². The van der Waals surface area contributed by atoms with Gasteiger partial charge in [-0.3, -0.25) is 14.8 Å². The minimum absolute atomic E-state index is 0.00340. The lowest BCUT2D eigenvalue weighted by Crippen LogP contribution is -2.36. The highest BCUT2D eigenvalue weighted by Crippen LogP contribution is 2.57. The SMILES string of the molecule is CC(C)C1=C(C(=O)N(C)C)SC2=N[C@@](C)(c3ccc(Cl)cc3)[C@@H](c3ccc(Cl)cn3)N21.CC(C)C1=C(C(=O)O)SC2=N[C@@](C)(c3ccc(Cl)cc3)[C@@H](c3ccc(Cl)cn3)N21. The Morgan fingerprint density at radius 3 is 1.33 bits per heavy atom. The van der Waals surface area contributed by atoms with E-state index in [1.54, 1.807) is 37.5 Å². The standard InChI is InChI=1S/C23H24Cl2N4OS.C21H19Cl2N3O2S/c1-13(2)18-19(21(30)28(4)5)31-22-27-23(3,14-6-8-15(24)9-7-14)20(29(18)22)17-11-10-16(25)12-26-17;1-11(2)16-17(19(27)28)29-20-25-21(3,12-4-6-13(22)7-5-12)18(26(16)20)15-9-8-14(23)10-24-15/h6-13,20H,1-5H3;4-11,18H,1-3H3,(H,27,28)/t20-,23+;18-,21+/m11/s1. The fraction of sp³-hybridized carbons (Fsp3) is 0.318. The Labute approximate surface area is 378 Å². The van der Waals surface area contributed by atoms with E-state index in [0.29, 0.717) is 30.2 Å². The number of benzene rings is 2. The van der Waals surface area contributed by atoms with Crippen LogP contribution in [-0.4, -0.2) is 66.1 Å². The zero-order valence-corrected chi connectivity index (χ0v) is 38.8. The number of fused-ring (bicyclic) bond motifs is 2. The molecule has 4 atom stereocenters. The van der Waals surface area contributed by atoms with Crippen LogP contribution in [0.5, 0.6) is 0 Å². The lowest BCUT2D eigenvalue weighted by atomic mass is 9.83. The number of rotatable bonds is 8. The number of thioether (sulfide) groups is 2. The van der Waals surface area contributed by atoms with Crippen molar-refractivity contribution in [2.45, 2.75) is 64.7 Å². The van der Waals surface area contributed by atoms with Crippen LogP contribution in [0.3, 0.4) is 0 Å². The summed E-state index contributed by atoms with van der Waals surface area (Å²) >= 11 is 27.1. The van der Waals surface area contributed by atoms with Crippen molar-refractivity contribution in [2.24, 2.45) is 21.8 Å². The molecule has 0 saturated carbocycles. The molecule has 0 fully saturated rings. The second kappa shape index (κ2) is 17.0. The van der Waals surface area contributed by atoms with Gasteiger partial charge < -0.3 is 19.8 Å². The highest BCUT2D eigenvalue weighted by molar-refractivity contribution is 8.18. The van der Waals surface area contributed by atoms with Crippen molar-refractivity contribution in [3.63, 3.8) is 0 Å². The van der Waals surface area contributed by atoms with Crippen LogP contribution in [-0.2, 0) is 20.7 Å². The largest absolute Gasteiger partial charge is 0.477 e. The molecule has 60 heavy (non-hydrogen) atoms.